The molecule has 0 rings (SSSR count). The van der Waals surface area contributed by atoms with E-state index in [1.54, 1.807) is 6.92 Å². The highest BCUT2D eigenvalue weighted by molar-refractivity contribution is 5.66. The summed E-state index contributed by atoms with van der Waals surface area (Å²) in [5.74, 6) is -0.393. The molecule has 0 aromatic heterocycles. The first-order valence-corrected chi connectivity index (χ1v) is 4.81. The molecule has 0 fully saturated rings. The summed E-state index contributed by atoms with van der Waals surface area (Å²) in [5, 5.41) is 0. The molecule has 0 saturated heterocycles. The molecule has 0 spiro atoms. The summed E-state index contributed by atoms with van der Waals surface area (Å²) in [6, 6.07) is 0. The number of hydrogen-bond acceptors (Lipinski definition) is 4. The van der Waals surface area contributed by atoms with E-state index < -0.39 is 0 Å². The fourth-order valence-corrected chi connectivity index (χ4v) is 0.563. The average Bonchev–Trinajstić information content (AvgIpc) is 2.05. The number of carbonyl (C=O) groups excluding carboxylic acids is 2. The molecule has 0 bridgehead atoms. The molecule has 0 heterocycles. The predicted molar refractivity (Wildman–Crippen MR) is 53.8 cm³/mol. The molecule has 0 aromatic carbocycles. The van der Waals surface area contributed by atoms with Gasteiger partial charge in [-0.1, -0.05) is 13.3 Å². The lowest BCUT2D eigenvalue weighted by atomic mass is 10.4. The topological polar surface area (TPSA) is 52.6 Å². The molecule has 0 atom stereocenters. The molecule has 4 nitrogen and oxygen atoms in total. The Labute approximate surface area is 85.6 Å². The van der Waals surface area contributed by atoms with E-state index in [-0.39, 0.29) is 11.9 Å². The third-order valence-corrected chi connectivity index (χ3v) is 1.15. The Balaban J connectivity index is 0. The zero-order valence-corrected chi connectivity index (χ0v) is 9.46. The number of ether oxygens (including phenoxy) is 2. The first kappa shape index (κ1) is 15.4. The highest BCUT2D eigenvalue weighted by atomic mass is 16.5. The molecule has 84 valence electrons. The van der Waals surface area contributed by atoms with E-state index in [0.29, 0.717) is 13.2 Å². The van der Waals surface area contributed by atoms with Gasteiger partial charge in [0.05, 0.1) is 13.2 Å². The lowest BCUT2D eigenvalue weighted by molar-refractivity contribution is -0.141. The molecule has 0 radical (unpaired) electrons. The Morgan fingerprint density at radius 1 is 1.00 bits per heavy atom. The summed E-state index contributed by atoms with van der Waals surface area (Å²) in [7, 11) is 0. The molecule has 0 aromatic rings. The maximum absolute atomic E-state index is 10.1. The summed E-state index contributed by atoms with van der Waals surface area (Å²) in [4.78, 5) is 19.9. The van der Waals surface area contributed by atoms with E-state index in [2.05, 4.69) is 16.4 Å². The van der Waals surface area contributed by atoms with Gasteiger partial charge in [0.2, 0.25) is 0 Å². The van der Waals surface area contributed by atoms with Crippen LogP contribution in [-0.2, 0) is 19.1 Å². The van der Waals surface area contributed by atoms with Crippen LogP contribution in [-0.4, -0.2) is 25.2 Å². The SMILES string of the molecule is CCCCOC(C)=O.CCOC(C)=O. The fraction of sp³-hybridized carbons (Fsp3) is 0.800. The molecule has 4 heteroatoms. The third-order valence-electron chi connectivity index (χ3n) is 1.15. The number of hydrogen-bond donors (Lipinski definition) is 0. The summed E-state index contributed by atoms with van der Waals surface area (Å²) in [6.45, 7) is 7.71. The summed E-state index contributed by atoms with van der Waals surface area (Å²) in [5.41, 5.74) is 0. The van der Waals surface area contributed by atoms with Gasteiger partial charge in [-0.3, -0.25) is 9.59 Å². The van der Waals surface area contributed by atoms with Gasteiger partial charge in [0, 0.05) is 13.8 Å². The van der Waals surface area contributed by atoms with Gasteiger partial charge in [-0.25, -0.2) is 0 Å². The van der Waals surface area contributed by atoms with Gasteiger partial charge in [0.1, 0.15) is 0 Å². The summed E-state index contributed by atoms with van der Waals surface area (Å²) in [6.07, 6.45) is 2.05. The van der Waals surface area contributed by atoms with Crippen molar-refractivity contribution in [2.24, 2.45) is 0 Å². The molecular weight excluding hydrogens is 184 g/mol. The molecule has 0 unspecified atom stereocenters. The van der Waals surface area contributed by atoms with E-state index >= 15 is 0 Å². The molecule has 0 aliphatic carbocycles. The number of rotatable bonds is 4. The molecule has 0 amide bonds. The molecule has 0 aliphatic heterocycles. The van der Waals surface area contributed by atoms with Crippen molar-refractivity contribution in [2.45, 2.75) is 40.5 Å². The normalized spacial score (nSPS) is 8.29. The maximum Gasteiger partial charge on any atom is 0.302 e. The Hall–Kier alpha value is -1.06. The van der Waals surface area contributed by atoms with Crippen LogP contribution >= 0.6 is 0 Å². The van der Waals surface area contributed by atoms with E-state index in [4.69, 9.17) is 0 Å². The molecular formula is C10H20O4. The zero-order valence-electron chi connectivity index (χ0n) is 9.46. The van der Waals surface area contributed by atoms with Crippen molar-refractivity contribution in [3.63, 3.8) is 0 Å². The third kappa shape index (κ3) is 22.4. The Morgan fingerprint density at radius 2 is 1.50 bits per heavy atom. The van der Waals surface area contributed by atoms with Crippen LogP contribution in [0.5, 0.6) is 0 Å². The van der Waals surface area contributed by atoms with Crippen molar-refractivity contribution in [3.05, 3.63) is 0 Å². The van der Waals surface area contributed by atoms with Crippen molar-refractivity contribution in [1.82, 2.24) is 0 Å². The van der Waals surface area contributed by atoms with Gasteiger partial charge in [-0.05, 0) is 13.3 Å². The van der Waals surface area contributed by atoms with E-state index in [1.165, 1.54) is 13.8 Å². The minimum absolute atomic E-state index is 0.182. The van der Waals surface area contributed by atoms with Gasteiger partial charge in [-0.2, -0.15) is 0 Å². The van der Waals surface area contributed by atoms with E-state index in [0.717, 1.165) is 12.8 Å². The highest BCUT2D eigenvalue weighted by Gasteiger charge is 1.88. The maximum atomic E-state index is 10.1. The highest BCUT2D eigenvalue weighted by Crippen LogP contribution is 1.86. The molecule has 14 heavy (non-hydrogen) atoms. The fourth-order valence-electron chi connectivity index (χ4n) is 0.563. The van der Waals surface area contributed by atoms with Gasteiger partial charge in [0.25, 0.3) is 0 Å². The minimum Gasteiger partial charge on any atom is -0.466 e. The second-order valence-electron chi connectivity index (χ2n) is 2.62. The summed E-state index contributed by atoms with van der Waals surface area (Å²) < 4.78 is 9.05. The van der Waals surface area contributed by atoms with Gasteiger partial charge in [0.15, 0.2) is 0 Å². The molecule has 0 aliphatic rings. The monoisotopic (exact) mass is 204 g/mol. The smallest absolute Gasteiger partial charge is 0.302 e. The second kappa shape index (κ2) is 11.9. The second-order valence-corrected chi connectivity index (χ2v) is 2.62. The van der Waals surface area contributed by atoms with Crippen molar-refractivity contribution >= 4 is 11.9 Å². The van der Waals surface area contributed by atoms with Crippen LogP contribution in [0.4, 0.5) is 0 Å². The first-order valence-electron chi connectivity index (χ1n) is 4.81. The molecule has 0 N–H and O–H groups in total. The Bertz CT molecular complexity index is 154. The van der Waals surface area contributed by atoms with Crippen molar-refractivity contribution in [1.29, 1.82) is 0 Å². The predicted octanol–water partition coefficient (Wildman–Crippen LogP) is 1.92. The van der Waals surface area contributed by atoms with Crippen LogP contribution in [0, 0.1) is 0 Å². The van der Waals surface area contributed by atoms with Crippen molar-refractivity contribution < 1.29 is 19.1 Å². The van der Waals surface area contributed by atoms with Crippen LogP contribution in [0.15, 0.2) is 0 Å². The lowest BCUT2D eigenvalue weighted by Crippen LogP contribution is -1.99. The van der Waals surface area contributed by atoms with Crippen LogP contribution in [0.2, 0.25) is 0 Å². The Morgan fingerprint density at radius 3 is 1.71 bits per heavy atom. The lowest BCUT2D eigenvalue weighted by Gasteiger charge is -1.96. The van der Waals surface area contributed by atoms with Crippen LogP contribution < -0.4 is 0 Å². The number of carbonyl (C=O) groups is 2. The van der Waals surface area contributed by atoms with Crippen LogP contribution in [0.1, 0.15) is 40.5 Å². The first-order chi connectivity index (χ1) is 6.54. The van der Waals surface area contributed by atoms with Gasteiger partial charge < -0.3 is 9.47 Å². The minimum atomic E-state index is -0.211. The van der Waals surface area contributed by atoms with Gasteiger partial charge in [-0.15, -0.1) is 0 Å². The van der Waals surface area contributed by atoms with Crippen molar-refractivity contribution in [2.75, 3.05) is 13.2 Å². The van der Waals surface area contributed by atoms with Gasteiger partial charge >= 0.3 is 11.9 Å². The summed E-state index contributed by atoms with van der Waals surface area (Å²) >= 11 is 0. The Kier molecular flexibility index (Phi) is 13.1. The van der Waals surface area contributed by atoms with Crippen LogP contribution in [0.25, 0.3) is 0 Å². The number of unbranched alkanes of at least 4 members (excludes halogenated alkanes) is 1. The number of esters is 2. The average molecular weight is 204 g/mol. The standard InChI is InChI=1S/C6H12O2.C4H8O2/c1-3-4-5-8-6(2)7;1-3-6-4(2)5/h3-5H2,1-2H3;3H2,1-2H3. The van der Waals surface area contributed by atoms with E-state index in [9.17, 15) is 9.59 Å². The zero-order chi connectivity index (χ0) is 11.4. The molecule has 0 saturated carbocycles. The van der Waals surface area contributed by atoms with Crippen molar-refractivity contribution in [3.8, 4) is 0 Å². The van der Waals surface area contributed by atoms with Crippen LogP contribution in [0.3, 0.4) is 0 Å². The van der Waals surface area contributed by atoms with E-state index in [1.807, 2.05) is 0 Å². The quantitative estimate of drug-likeness (QED) is 0.518. The largest absolute Gasteiger partial charge is 0.466 e.